The molecule has 2 aromatic carbocycles. The van der Waals surface area contributed by atoms with Gasteiger partial charge in [0.05, 0.1) is 19.6 Å². The number of hydrogen-bond acceptors (Lipinski definition) is 0. The van der Waals surface area contributed by atoms with E-state index in [4.69, 9.17) is 0 Å². The van der Waals surface area contributed by atoms with Gasteiger partial charge in [-0.1, -0.05) is 72.1 Å². The summed E-state index contributed by atoms with van der Waals surface area (Å²) in [6.45, 7) is 8.81. The standard InChI is InChI=1S/C24H29BrN/c1-3-18-26(19-4-2,20-8-12-22-10-6-5-7-11-22)21-9-13-23-14-16-24(25)17-15-23/h5-8,10-12,14-17H,3-4,18-21H2,1-2H3/q+1. The fourth-order valence-corrected chi connectivity index (χ4v) is 3.55. The number of benzene rings is 2. The predicted molar refractivity (Wildman–Crippen MR) is 117 cm³/mol. The van der Waals surface area contributed by atoms with Crippen molar-refractivity contribution < 1.29 is 4.48 Å². The highest BCUT2D eigenvalue weighted by atomic mass is 79.9. The lowest BCUT2D eigenvalue weighted by molar-refractivity contribution is -0.916. The summed E-state index contributed by atoms with van der Waals surface area (Å²) in [6.07, 6.45) is 6.92. The SMILES string of the molecule is CCC[N+](CC#Cc1ccc(Br)cc1)(CC=Cc1ccccc1)CCC. The fourth-order valence-electron chi connectivity index (χ4n) is 3.28. The van der Waals surface area contributed by atoms with E-state index in [2.05, 4.69) is 96.2 Å². The largest absolute Gasteiger partial charge is 0.310 e. The van der Waals surface area contributed by atoms with Crippen LogP contribution in [0.1, 0.15) is 37.8 Å². The normalized spacial score (nSPS) is 11.3. The second-order valence-corrected chi connectivity index (χ2v) is 7.67. The van der Waals surface area contributed by atoms with E-state index >= 15 is 0 Å². The van der Waals surface area contributed by atoms with Crippen molar-refractivity contribution in [2.75, 3.05) is 26.2 Å². The van der Waals surface area contributed by atoms with Crippen molar-refractivity contribution in [1.82, 2.24) is 0 Å². The van der Waals surface area contributed by atoms with Crippen molar-refractivity contribution in [2.45, 2.75) is 26.7 Å². The van der Waals surface area contributed by atoms with E-state index in [-0.39, 0.29) is 0 Å². The molecule has 0 saturated heterocycles. The molecular formula is C24H29BrN+. The number of hydrogen-bond donors (Lipinski definition) is 0. The molecule has 0 aliphatic heterocycles. The Morgan fingerprint density at radius 1 is 0.923 bits per heavy atom. The average molecular weight is 411 g/mol. The van der Waals surface area contributed by atoms with Gasteiger partial charge in [0.15, 0.2) is 0 Å². The van der Waals surface area contributed by atoms with E-state index < -0.39 is 0 Å². The average Bonchev–Trinajstić information content (AvgIpc) is 2.65. The summed E-state index contributed by atoms with van der Waals surface area (Å²) >= 11 is 3.48. The first kappa shape index (κ1) is 20.5. The lowest BCUT2D eigenvalue weighted by Gasteiger charge is -2.36. The van der Waals surface area contributed by atoms with Crippen LogP contribution in [0.5, 0.6) is 0 Å². The van der Waals surface area contributed by atoms with Gasteiger partial charge in [0, 0.05) is 10.0 Å². The number of nitrogens with zero attached hydrogens (tertiary/aromatic N) is 1. The summed E-state index contributed by atoms with van der Waals surface area (Å²) in [6, 6.07) is 18.8. The van der Waals surface area contributed by atoms with E-state index in [1.54, 1.807) is 0 Å². The Kier molecular flexibility index (Phi) is 8.68. The van der Waals surface area contributed by atoms with Gasteiger partial charge < -0.3 is 4.48 Å². The van der Waals surface area contributed by atoms with Crippen LogP contribution in [0.2, 0.25) is 0 Å². The molecule has 0 amide bonds. The van der Waals surface area contributed by atoms with Gasteiger partial charge in [-0.2, -0.15) is 0 Å². The Hall–Kier alpha value is -1.82. The smallest absolute Gasteiger partial charge is 0.141 e. The van der Waals surface area contributed by atoms with Crippen LogP contribution >= 0.6 is 15.9 Å². The third kappa shape index (κ3) is 6.83. The molecule has 136 valence electrons. The molecule has 2 aromatic rings. The molecule has 0 saturated carbocycles. The molecule has 0 bridgehead atoms. The van der Waals surface area contributed by atoms with E-state index in [1.807, 2.05) is 12.1 Å². The molecule has 2 heteroatoms. The lowest BCUT2D eigenvalue weighted by Crippen LogP contribution is -2.49. The number of halogens is 1. The Labute approximate surface area is 167 Å². The summed E-state index contributed by atoms with van der Waals surface area (Å²) in [5, 5.41) is 0. The summed E-state index contributed by atoms with van der Waals surface area (Å²) in [7, 11) is 0. The minimum atomic E-state index is 0.900. The molecule has 1 nitrogen and oxygen atoms in total. The van der Waals surface area contributed by atoms with E-state index in [0.29, 0.717) is 0 Å². The molecule has 0 atom stereocenters. The molecule has 0 fully saturated rings. The molecule has 0 aliphatic carbocycles. The van der Waals surface area contributed by atoms with Crippen molar-refractivity contribution in [1.29, 1.82) is 0 Å². The van der Waals surface area contributed by atoms with Crippen LogP contribution < -0.4 is 0 Å². The highest BCUT2D eigenvalue weighted by molar-refractivity contribution is 9.10. The predicted octanol–water partition coefficient (Wildman–Crippen LogP) is 6.15. The third-order valence-corrected chi connectivity index (χ3v) is 5.02. The molecule has 0 N–H and O–H groups in total. The van der Waals surface area contributed by atoms with Gasteiger partial charge in [-0.25, -0.2) is 0 Å². The van der Waals surface area contributed by atoms with Gasteiger partial charge in [-0.3, -0.25) is 0 Å². The van der Waals surface area contributed by atoms with E-state index in [0.717, 1.165) is 27.6 Å². The third-order valence-electron chi connectivity index (χ3n) is 4.49. The Morgan fingerprint density at radius 2 is 1.58 bits per heavy atom. The molecule has 0 unspecified atom stereocenters. The molecular weight excluding hydrogens is 382 g/mol. The maximum absolute atomic E-state index is 3.48. The van der Waals surface area contributed by atoms with Gasteiger partial charge in [0.2, 0.25) is 0 Å². The van der Waals surface area contributed by atoms with Crippen molar-refractivity contribution >= 4 is 22.0 Å². The van der Waals surface area contributed by atoms with Crippen molar-refractivity contribution in [3.8, 4) is 11.8 Å². The zero-order valence-electron chi connectivity index (χ0n) is 15.9. The molecule has 26 heavy (non-hydrogen) atoms. The van der Waals surface area contributed by atoms with Gasteiger partial charge in [0.25, 0.3) is 0 Å². The molecule has 0 spiro atoms. The van der Waals surface area contributed by atoms with Crippen LogP contribution in [-0.2, 0) is 0 Å². The Morgan fingerprint density at radius 3 is 2.19 bits per heavy atom. The maximum atomic E-state index is 3.48. The van der Waals surface area contributed by atoms with Crippen LogP contribution in [0.15, 0.2) is 65.1 Å². The molecule has 2 rings (SSSR count). The molecule has 0 heterocycles. The second-order valence-electron chi connectivity index (χ2n) is 6.75. The first-order chi connectivity index (χ1) is 12.7. The zero-order chi connectivity index (χ0) is 18.7. The molecule has 0 radical (unpaired) electrons. The number of rotatable bonds is 8. The van der Waals surface area contributed by atoms with Crippen LogP contribution in [-0.4, -0.2) is 30.7 Å². The van der Waals surface area contributed by atoms with E-state index in [1.165, 1.54) is 31.5 Å². The second kappa shape index (κ2) is 11.0. The fraction of sp³-hybridized carbons (Fsp3) is 0.333. The summed E-state index contributed by atoms with van der Waals surface area (Å²) < 4.78 is 2.14. The van der Waals surface area contributed by atoms with Crippen LogP contribution in [0, 0.1) is 11.8 Å². The van der Waals surface area contributed by atoms with Crippen LogP contribution in [0.4, 0.5) is 0 Å². The topological polar surface area (TPSA) is 0 Å². The first-order valence-corrected chi connectivity index (χ1v) is 10.3. The van der Waals surface area contributed by atoms with E-state index in [9.17, 15) is 0 Å². The Bertz CT molecular complexity index is 729. The molecule has 0 aromatic heterocycles. The molecule has 0 aliphatic rings. The maximum Gasteiger partial charge on any atom is 0.141 e. The monoisotopic (exact) mass is 410 g/mol. The summed E-state index contributed by atoms with van der Waals surface area (Å²) in [4.78, 5) is 0. The highest BCUT2D eigenvalue weighted by Crippen LogP contribution is 2.13. The van der Waals surface area contributed by atoms with Crippen molar-refractivity contribution in [3.05, 3.63) is 76.3 Å². The van der Waals surface area contributed by atoms with Crippen molar-refractivity contribution in [2.24, 2.45) is 0 Å². The quantitative estimate of drug-likeness (QED) is 0.361. The number of quaternary nitrogens is 1. The minimum Gasteiger partial charge on any atom is -0.310 e. The van der Waals surface area contributed by atoms with Gasteiger partial charge in [-0.15, -0.1) is 0 Å². The van der Waals surface area contributed by atoms with Crippen LogP contribution in [0.3, 0.4) is 0 Å². The Balaban J connectivity index is 2.10. The lowest BCUT2D eigenvalue weighted by atomic mass is 10.2. The minimum absolute atomic E-state index is 0.900. The highest BCUT2D eigenvalue weighted by Gasteiger charge is 2.22. The zero-order valence-corrected chi connectivity index (χ0v) is 17.5. The first-order valence-electron chi connectivity index (χ1n) is 9.48. The van der Waals surface area contributed by atoms with Gasteiger partial charge >= 0.3 is 0 Å². The van der Waals surface area contributed by atoms with Gasteiger partial charge in [-0.05, 0) is 54.7 Å². The summed E-state index contributed by atoms with van der Waals surface area (Å²) in [5.74, 6) is 6.79. The summed E-state index contributed by atoms with van der Waals surface area (Å²) in [5.41, 5.74) is 2.35. The van der Waals surface area contributed by atoms with Crippen LogP contribution in [0.25, 0.3) is 6.08 Å². The van der Waals surface area contributed by atoms with Gasteiger partial charge in [0.1, 0.15) is 6.54 Å². The van der Waals surface area contributed by atoms with Crippen molar-refractivity contribution in [3.63, 3.8) is 0 Å².